The molecule has 0 saturated carbocycles. The van der Waals surface area contributed by atoms with Gasteiger partial charge >= 0.3 is 5.97 Å². The van der Waals surface area contributed by atoms with Crippen molar-refractivity contribution in [2.75, 3.05) is 17.2 Å². The van der Waals surface area contributed by atoms with Crippen molar-refractivity contribution in [1.82, 2.24) is 0 Å². The van der Waals surface area contributed by atoms with Crippen LogP contribution in [0.5, 0.6) is 5.75 Å². The van der Waals surface area contributed by atoms with Gasteiger partial charge in [0.05, 0.1) is 18.6 Å². The number of benzene rings is 2. The van der Waals surface area contributed by atoms with E-state index in [2.05, 4.69) is 0 Å². The molecule has 2 aromatic carbocycles. The molecule has 140 valence electrons. The van der Waals surface area contributed by atoms with Crippen molar-refractivity contribution in [3.05, 3.63) is 59.9 Å². The van der Waals surface area contributed by atoms with E-state index in [1.165, 1.54) is 12.1 Å². The second-order valence-corrected chi connectivity index (χ2v) is 7.53. The SMILES string of the molecule is CCOc1ccc(CC(C(=O)O)N(c2ccc(F)cc2)S(C)(=O)=O)cc1. The molecule has 2 rings (SSSR count). The number of carboxylic acids is 1. The number of sulfonamides is 1. The van der Waals surface area contributed by atoms with Gasteiger partial charge in [-0.1, -0.05) is 12.1 Å². The summed E-state index contributed by atoms with van der Waals surface area (Å²) in [5.74, 6) is -1.20. The number of nitrogens with zero attached hydrogens (tertiary/aromatic N) is 1. The highest BCUT2D eigenvalue weighted by atomic mass is 32.2. The van der Waals surface area contributed by atoms with E-state index < -0.39 is 27.9 Å². The van der Waals surface area contributed by atoms with E-state index in [0.29, 0.717) is 17.9 Å². The van der Waals surface area contributed by atoms with E-state index in [0.717, 1.165) is 22.7 Å². The number of rotatable bonds is 8. The molecule has 0 saturated heterocycles. The van der Waals surface area contributed by atoms with Gasteiger partial charge < -0.3 is 9.84 Å². The zero-order valence-corrected chi connectivity index (χ0v) is 15.2. The number of carbonyl (C=O) groups is 1. The van der Waals surface area contributed by atoms with E-state index >= 15 is 0 Å². The lowest BCUT2D eigenvalue weighted by Crippen LogP contribution is -2.46. The first kappa shape index (κ1) is 19.7. The molecule has 1 unspecified atom stereocenters. The fourth-order valence-electron chi connectivity index (χ4n) is 2.57. The van der Waals surface area contributed by atoms with E-state index in [1.807, 2.05) is 6.92 Å². The van der Waals surface area contributed by atoms with Gasteiger partial charge in [-0.2, -0.15) is 0 Å². The van der Waals surface area contributed by atoms with Crippen molar-refractivity contribution in [3.63, 3.8) is 0 Å². The summed E-state index contributed by atoms with van der Waals surface area (Å²) in [5.41, 5.74) is 0.726. The van der Waals surface area contributed by atoms with Gasteiger partial charge in [0.25, 0.3) is 0 Å². The van der Waals surface area contributed by atoms with Gasteiger partial charge in [-0.25, -0.2) is 17.6 Å². The molecule has 6 nitrogen and oxygen atoms in total. The number of ether oxygens (including phenoxy) is 1. The number of hydrogen-bond acceptors (Lipinski definition) is 4. The molecule has 0 fully saturated rings. The Kier molecular flexibility index (Phi) is 6.20. The second-order valence-electron chi connectivity index (χ2n) is 5.67. The van der Waals surface area contributed by atoms with E-state index in [-0.39, 0.29) is 12.1 Å². The topological polar surface area (TPSA) is 83.9 Å². The number of halogens is 1. The molecule has 0 bridgehead atoms. The molecule has 0 spiro atoms. The van der Waals surface area contributed by atoms with Crippen LogP contribution in [0.1, 0.15) is 12.5 Å². The Labute approximate surface area is 151 Å². The van der Waals surface area contributed by atoms with Crippen LogP contribution in [0.15, 0.2) is 48.5 Å². The Morgan fingerprint density at radius 1 is 1.15 bits per heavy atom. The van der Waals surface area contributed by atoms with Gasteiger partial charge in [0, 0.05) is 6.42 Å². The fourth-order valence-corrected chi connectivity index (χ4v) is 3.70. The summed E-state index contributed by atoms with van der Waals surface area (Å²) in [7, 11) is -3.91. The molecular weight excluding hydrogens is 361 g/mol. The minimum Gasteiger partial charge on any atom is -0.494 e. The molecule has 1 atom stereocenters. The molecule has 0 heterocycles. The van der Waals surface area contributed by atoms with Gasteiger partial charge in [0.1, 0.15) is 17.6 Å². The van der Waals surface area contributed by atoms with Crippen molar-refractivity contribution < 1.29 is 27.4 Å². The first-order valence-electron chi connectivity index (χ1n) is 7.92. The Bertz CT molecular complexity index is 850. The molecule has 26 heavy (non-hydrogen) atoms. The summed E-state index contributed by atoms with van der Waals surface area (Å²) in [6.07, 6.45) is 0.872. The largest absolute Gasteiger partial charge is 0.494 e. The Morgan fingerprint density at radius 3 is 2.19 bits per heavy atom. The molecule has 0 radical (unpaired) electrons. The molecule has 0 aliphatic carbocycles. The Morgan fingerprint density at radius 2 is 1.73 bits per heavy atom. The lowest BCUT2D eigenvalue weighted by molar-refractivity contribution is -0.138. The summed E-state index contributed by atoms with van der Waals surface area (Å²) in [6, 6.07) is 10.1. The van der Waals surface area contributed by atoms with E-state index in [1.54, 1.807) is 24.3 Å². The second kappa shape index (κ2) is 8.18. The van der Waals surface area contributed by atoms with Crippen LogP contribution in [0.25, 0.3) is 0 Å². The third-order valence-corrected chi connectivity index (χ3v) is 4.85. The monoisotopic (exact) mass is 381 g/mol. The first-order chi connectivity index (χ1) is 12.2. The highest BCUT2D eigenvalue weighted by molar-refractivity contribution is 7.92. The van der Waals surface area contributed by atoms with Crippen LogP contribution in [0.4, 0.5) is 10.1 Å². The van der Waals surface area contributed by atoms with Crippen molar-refractivity contribution in [2.24, 2.45) is 0 Å². The van der Waals surface area contributed by atoms with E-state index in [4.69, 9.17) is 4.74 Å². The maximum atomic E-state index is 13.2. The highest BCUT2D eigenvalue weighted by Crippen LogP contribution is 2.24. The van der Waals surface area contributed by atoms with Gasteiger partial charge in [0.15, 0.2) is 0 Å². The van der Waals surface area contributed by atoms with Crippen molar-refractivity contribution in [3.8, 4) is 5.75 Å². The molecule has 0 amide bonds. The van der Waals surface area contributed by atoms with Crippen LogP contribution in [0.3, 0.4) is 0 Å². The maximum Gasteiger partial charge on any atom is 0.327 e. The minimum atomic E-state index is -3.91. The van der Waals surface area contributed by atoms with Crippen molar-refractivity contribution >= 4 is 21.7 Å². The summed E-state index contributed by atoms with van der Waals surface area (Å²) < 4.78 is 43.8. The zero-order chi connectivity index (χ0) is 19.3. The fraction of sp³-hybridized carbons (Fsp3) is 0.278. The summed E-state index contributed by atoms with van der Waals surface area (Å²) in [6.45, 7) is 2.35. The van der Waals surface area contributed by atoms with Crippen LogP contribution in [0, 0.1) is 5.82 Å². The number of hydrogen-bond donors (Lipinski definition) is 1. The molecule has 2 aromatic rings. The van der Waals surface area contributed by atoms with Crippen LogP contribution < -0.4 is 9.04 Å². The summed E-state index contributed by atoms with van der Waals surface area (Å²) in [5, 5.41) is 9.62. The first-order valence-corrected chi connectivity index (χ1v) is 9.76. The average molecular weight is 381 g/mol. The molecule has 8 heteroatoms. The van der Waals surface area contributed by atoms with Crippen LogP contribution in [0.2, 0.25) is 0 Å². The van der Waals surface area contributed by atoms with Gasteiger partial charge in [-0.15, -0.1) is 0 Å². The van der Waals surface area contributed by atoms with Crippen LogP contribution in [-0.4, -0.2) is 38.4 Å². The predicted molar refractivity (Wildman–Crippen MR) is 96.5 cm³/mol. The molecule has 0 aliphatic rings. The van der Waals surface area contributed by atoms with E-state index in [9.17, 15) is 22.7 Å². The summed E-state index contributed by atoms with van der Waals surface area (Å²) >= 11 is 0. The van der Waals surface area contributed by atoms with Crippen molar-refractivity contribution in [1.29, 1.82) is 0 Å². The third-order valence-electron chi connectivity index (χ3n) is 3.67. The van der Waals surface area contributed by atoms with Crippen LogP contribution in [-0.2, 0) is 21.2 Å². The normalized spacial score (nSPS) is 12.4. The quantitative estimate of drug-likeness (QED) is 0.760. The molecule has 0 aliphatic heterocycles. The van der Waals surface area contributed by atoms with Crippen molar-refractivity contribution in [2.45, 2.75) is 19.4 Å². The van der Waals surface area contributed by atoms with Gasteiger partial charge in [-0.3, -0.25) is 4.31 Å². The predicted octanol–water partition coefficient (Wildman–Crippen LogP) is 2.69. The minimum absolute atomic E-state index is 0.0494. The maximum absolute atomic E-state index is 13.2. The van der Waals surface area contributed by atoms with Crippen LogP contribution >= 0.6 is 0 Å². The van der Waals surface area contributed by atoms with Gasteiger partial charge in [0.2, 0.25) is 10.0 Å². The molecular formula is C18H20FNO5S. The molecule has 0 aromatic heterocycles. The van der Waals surface area contributed by atoms with Gasteiger partial charge in [-0.05, 0) is 48.9 Å². The smallest absolute Gasteiger partial charge is 0.327 e. The summed E-state index contributed by atoms with van der Waals surface area (Å²) in [4.78, 5) is 11.8. The average Bonchev–Trinajstić information content (AvgIpc) is 2.56. The Balaban J connectivity index is 2.37. The lowest BCUT2D eigenvalue weighted by Gasteiger charge is -2.29. The number of carboxylic acid groups (broad SMARTS) is 1. The highest BCUT2D eigenvalue weighted by Gasteiger charge is 2.32. The number of aliphatic carboxylic acids is 1. The zero-order valence-electron chi connectivity index (χ0n) is 14.4. The number of anilines is 1. The lowest BCUT2D eigenvalue weighted by atomic mass is 10.1. The Hall–Kier alpha value is -2.61. The third kappa shape index (κ3) is 4.95. The molecule has 1 N–H and O–H groups in total. The standard InChI is InChI=1S/C18H20FNO5S/c1-3-25-16-10-4-13(5-11-16)12-17(18(21)22)20(26(2,23)24)15-8-6-14(19)7-9-15/h4-11,17H,3,12H2,1-2H3,(H,21,22).